The zero-order valence-corrected chi connectivity index (χ0v) is 12.3. The molecule has 2 aromatic rings. The van der Waals surface area contributed by atoms with Gasteiger partial charge in [-0.05, 0) is 17.5 Å². The number of aromatic nitrogens is 1. The molecule has 112 valence electrons. The number of alkyl carbamates (subject to hydrolysis) is 1. The number of aromatic amines is 1. The Labute approximate surface area is 123 Å². The van der Waals surface area contributed by atoms with Crippen LogP contribution in [-0.4, -0.2) is 30.0 Å². The average molecular weight is 288 g/mol. The summed E-state index contributed by atoms with van der Waals surface area (Å²) >= 11 is 0. The molecule has 0 spiro atoms. The maximum Gasteiger partial charge on any atom is 0.407 e. The van der Waals surface area contributed by atoms with Crippen molar-refractivity contribution < 1.29 is 14.3 Å². The number of aldehydes is 1. The van der Waals surface area contributed by atoms with Gasteiger partial charge >= 0.3 is 6.09 Å². The first-order valence-corrected chi connectivity index (χ1v) is 7.05. The number of benzene rings is 1. The summed E-state index contributed by atoms with van der Waals surface area (Å²) in [5, 5.41) is 3.67. The van der Waals surface area contributed by atoms with Crippen molar-refractivity contribution >= 4 is 23.3 Å². The highest BCUT2D eigenvalue weighted by atomic mass is 16.6. The number of carbonyl (C=O) groups is 2. The maximum atomic E-state index is 11.6. The number of hydrogen-bond donors (Lipinski definition) is 2. The molecule has 1 atom stereocenters. The predicted octanol–water partition coefficient (Wildman–Crippen LogP) is 2.66. The summed E-state index contributed by atoms with van der Waals surface area (Å²) in [6.45, 7) is 4.50. The molecule has 2 rings (SSSR count). The molecule has 5 heteroatoms. The number of amides is 1. The molecular weight excluding hydrogens is 268 g/mol. The molecule has 2 N–H and O–H groups in total. The fraction of sp³-hybridized carbons (Fsp3) is 0.375. The molecule has 5 nitrogen and oxygen atoms in total. The molecule has 0 aliphatic carbocycles. The zero-order valence-electron chi connectivity index (χ0n) is 12.3. The van der Waals surface area contributed by atoms with Gasteiger partial charge in [0.2, 0.25) is 0 Å². The number of rotatable bonds is 6. The van der Waals surface area contributed by atoms with Crippen LogP contribution in [0.5, 0.6) is 0 Å². The van der Waals surface area contributed by atoms with E-state index in [0.717, 1.165) is 16.5 Å². The SMILES string of the molecule is CC(C)CNC(=O)O[C@H](C=O)Cc1c[nH]c2ccccc12. The number of hydrogen-bond acceptors (Lipinski definition) is 3. The predicted molar refractivity (Wildman–Crippen MR) is 81.2 cm³/mol. The van der Waals surface area contributed by atoms with Gasteiger partial charge in [-0.15, -0.1) is 0 Å². The molecule has 0 unspecified atom stereocenters. The Morgan fingerprint density at radius 3 is 2.86 bits per heavy atom. The van der Waals surface area contributed by atoms with Gasteiger partial charge in [0.1, 0.15) is 0 Å². The summed E-state index contributed by atoms with van der Waals surface area (Å²) in [7, 11) is 0. The first-order valence-electron chi connectivity index (χ1n) is 7.05. The molecule has 0 fully saturated rings. The van der Waals surface area contributed by atoms with Crippen LogP contribution in [0.3, 0.4) is 0 Å². The second-order valence-corrected chi connectivity index (χ2v) is 5.42. The van der Waals surface area contributed by atoms with E-state index in [4.69, 9.17) is 4.74 Å². The second-order valence-electron chi connectivity index (χ2n) is 5.42. The average Bonchev–Trinajstić information content (AvgIpc) is 2.88. The maximum absolute atomic E-state index is 11.6. The first kappa shape index (κ1) is 15.1. The molecule has 1 heterocycles. The third kappa shape index (κ3) is 4.08. The van der Waals surface area contributed by atoms with Crippen LogP contribution in [0, 0.1) is 5.92 Å². The number of H-pyrrole nitrogens is 1. The van der Waals surface area contributed by atoms with E-state index >= 15 is 0 Å². The smallest absolute Gasteiger partial charge is 0.407 e. The van der Waals surface area contributed by atoms with Crippen LogP contribution in [0.15, 0.2) is 30.5 Å². The molecule has 0 saturated heterocycles. The van der Waals surface area contributed by atoms with Crippen molar-refractivity contribution in [1.82, 2.24) is 10.3 Å². The quantitative estimate of drug-likeness (QED) is 0.803. The van der Waals surface area contributed by atoms with Gasteiger partial charge in [0.15, 0.2) is 12.4 Å². The first-order chi connectivity index (χ1) is 10.1. The fourth-order valence-electron chi connectivity index (χ4n) is 2.10. The molecule has 0 radical (unpaired) electrons. The lowest BCUT2D eigenvalue weighted by Gasteiger charge is -2.13. The molecule has 0 bridgehead atoms. The van der Waals surface area contributed by atoms with Crippen LogP contribution in [0.4, 0.5) is 4.79 Å². The van der Waals surface area contributed by atoms with Crippen LogP contribution in [0.1, 0.15) is 19.4 Å². The molecule has 1 aromatic heterocycles. The highest BCUT2D eigenvalue weighted by molar-refractivity contribution is 5.83. The normalized spacial score (nSPS) is 12.3. The molecule has 0 aliphatic rings. The molecule has 0 saturated carbocycles. The Kier molecular flexibility index (Phi) is 4.98. The summed E-state index contributed by atoms with van der Waals surface area (Å²) in [5.74, 6) is 0.334. The van der Waals surface area contributed by atoms with E-state index in [1.807, 2.05) is 44.3 Å². The number of para-hydroxylation sites is 1. The molecule has 21 heavy (non-hydrogen) atoms. The van der Waals surface area contributed by atoms with Gasteiger partial charge < -0.3 is 15.0 Å². The lowest BCUT2D eigenvalue weighted by molar-refractivity contribution is -0.115. The zero-order chi connectivity index (χ0) is 15.2. The van der Waals surface area contributed by atoms with Crippen molar-refractivity contribution in [1.29, 1.82) is 0 Å². The van der Waals surface area contributed by atoms with Gasteiger partial charge in [-0.2, -0.15) is 0 Å². The third-order valence-corrected chi connectivity index (χ3v) is 3.16. The summed E-state index contributed by atoms with van der Waals surface area (Å²) in [5.41, 5.74) is 1.96. The van der Waals surface area contributed by atoms with Gasteiger partial charge in [0.05, 0.1) is 0 Å². The lowest BCUT2D eigenvalue weighted by atomic mass is 10.1. The van der Waals surface area contributed by atoms with Crippen molar-refractivity contribution in [2.75, 3.05) is 6.54 Å². The van der Waals surface area contributed by atoms with E-state index in [1.54, 1.807) is 0 Å². The van der Waals surface area contributed by atoms with Crippen molar-refractivity contribution in [2.45, 2.75) is 26.4 Å². The standard InChI is InChI=1S/C16H20N2O3/c1-11(2)8-18-16(20)21-13(10-19)7-12-9-17-15-6-4-3-5-14(12)15/h3-6,9-11,13,17H,7-8H2,1-2H3,(H,18,20)/t13-/m0/s1. The van der Waals surface area contributed by atoms with Crippen LogP contribution in [0.25, 0.3) is 10.9 Å². The summed E-state index contributed by atoms with van der Waals surface area (Å²) in [6, 6.07) is 7.81. The van der Waals surface area contributed by atoms with Gasteiger partial charge in [-0.1, -0.05) is 32.0 Å². The van der Waals surface area contributed by atoms with Gasteiger partial charge in [0, 0.05) is 30.1 Å². The topological polar surface area (TPSA) is 71.2 Å². The number of carbonyl (C=O) groups excluding carboxylic acids is 2. The van der Waals surface area contributed by atoms with Gasteiger partial charge in [0.25, 0.3) is 0 Å². The van der Waals surface area contributed by atoms with Crippen molar-refractivity contribution in [3.63, 3.8) is 0 Å². The lowest BCUT2D eigenvalue weighted by Crippen LogP contribution is -2.33. The third-order valence-electron chi connectivity index (χ3n) is 3.16. The minimum atomic E-state index is -0.781. The number of nitrogens with one attached hydrogen (secondary N) is 2. The monoisotopic (exact) mass is 288 g/mol. The minimum Gasteiger partial charge on any atom is -0.438 e. The van der Waals surface area contributed by atoms with E-state index in [2.05, 4.69) is 10.3 Å². The largest absolute Gasteiger partial charge is 0.438 e. The van der Waals surface area contributed by atoms with Crippen molar-refractivity contribution in [2.24, 2.45) is 5.92 Å². The summed E-state index contributed by atoms with van der Waals surface area (Å²) in [6.07, 6.45) is 1.53. The van der Waals surface area contributed by atoms with Gasteiger partial charge in [-0.3, -0.25) is 4.79 Å². The Hall–Kier alpha value is -2.30. The van der Waals surface area contributed by atoms with E-state index < -0.39 is 12.2 Å². The van der Waals surface area contributed by atoms with Crippen LogP contribution < -0.4 is 5.32 Å². The van der Waals surface area contributed by atoms with E-state index in [0.29, 0.717) is 25.2 Å². The molecule has 1 amide bonds. The van der Waals surface area contributed by atoms with Crippen LogP contribution in [0.2, 0.25) is 0 Å². The minimum absolute atomic E-state index is 0.334. The Morgan fingerprint density at radius 1 is 1.38 bits per heavy atom. The number of ether oxygens (including phenoxy) is 1. The second kappa shape index (κ2) is 6.92. The Morgan fingerprint density at radius 2 is 2.14 bits per heavy atom. The van der Waals surface area contributed by atoms with E-state index in [9.17, 15) is 9.59 Å². The van der Waals surface area contributed by atoms with Crippen LogP contribution >= 0.6 is 0 Å². The van der Waals surface area contributed by atoms with Gasteiger partial charge in [-0.25, -0.2) is 4.79 Å². The summed E-state index contributed by atoms with van der Waals surface area (Å²) < 4.78 is 5.14. The fourth-order valence-corrected chi connectivity index (χ4v) is 2.10. The van der Waals surface area contributed by atoms with Crippen molar-refractivity contribution in [3.8, 4) is 0 Å². The Bertz CT molecular complexity index is 619. The van der Waals surface area contributed by atoms with Crippen LogP contribution in [-0.2, 0) is 16.0 Å². The molecule has 0 aliphatic heterocycles. The Balaban J connectivity index is 1.99. The van der Waals surface area contributed by atoms with Crippen molar-refractivity contribution in [3.05, 3.63) is 36.0 Å². The summed E-state index contributed by atoms with van der Waals surface area (Å²) in [4.78, 5) is 25.9. The highest BCUT2D eigenvalue weighted by Crippen LogP contribution is 2.19. The van der Waals surface area contributed by atoms with E-state index in [-0.39, 0.29) is 0 Å². The molecular formula is C16H20N2O3. The number of fused-ring (bicyclic) bond motifs is 1. The van der Waals surface area contributed by atoms with E-state index in [1.165, 1.54) is 0 Å². The molecule has 1 aromatic carbocycles. The highest BCUT2D eigenvalue weighted by Gasteiger charge is 2.16.